The smallest absolute Gasteiger partial charge is 0.321 e. The SMILES string of the molecule is CCNC(=O)NC(=O)C(C)Oc1c(Cl)cccc1CNC. The fourth-order valence-corrected chi connectivity index (χ4v) is 1.90. The molecule has 0 aromatic heterocycles. The molecule has 116 valence electrons. The number of para-hydroxylation sites is 1. The number of amides is 3. The lowest BCUT2D eigenvalue weighted by Crippen LogP contribution is -2.45. The average Bonchev–Trinajstić information content (AvgIpc) is 2.42. The normalized spacial score (nSPS) is 11.6. The van der Waals surface area contributed by atoms with Crippen LogP contribution in [0.1, 0.15) is 19.4 Å². The number of hydrogen-bond acceptors (Lipinski definition) is 4. The summed E-state index contributed by atoms with van der Waals surface area (Å²) in [7, 11) is 1.80. The third-order valence-electron chi connectivity index (χ3n) is 2.65. The Bertz CT molecular complexity index is 508. The van der Waals surface area contributed by atoms with Crippen LogP contribution < -0.4 is 20.7 Å². The van der Waals surface area contributed by atoms with Gasteiger partial charge >= 0.3 is 6.03 Å². The highest BCUT2D eigenvalue weighted by atomic mass is 35.5. The molecule has 0 aliphatic heterocycles. The molecule has 0 radical (unpaired) electrons. The Hall–Kier alpha value is -1.79. The maximum absolute atomic E-state index is 11.9. The Kier molecular flexibility index (Phi) is 6.98. The molecule has 0 saturated heterocycles. The molecule has 0 saturated carbocycles. The summed E-state index contributed by atoms with van der Waals surface area (Å²) < 4.78 is 5.61. The molecule has 0 heterocycles. The summed E-state index contributed by atoms with van der Waals surface area (Å²) in [6.07, 6.45) is -0.844. The summed E-state index contributed by atoms with van der Waals surface area (Å²) in [6, 6.07) is 4.80. The van der Waals surface area contributed by atoms with Crippen molar-refractivity contribution in [3.8, 4) is 5.75 Å². The Morgan fingerprint density at radius 2 is 2.10 bits per heavy atom. The molecule has 21 heavy (non-hydrogen) atoms. The van der Waals surface area contributed by atoms with E-state index < -0.39 is 18.0 Å². The van der Waals surface area contributed by atoms with Crippen LogP contribution in [0.25, 0.3) is 0 Å². The molecule has 0 spiro atoms. The molecule has 3 amide bonds. The summed E-state index contributed by atoms with van der Waals surface area (Å²) in [4.78, 5) is 23.2. The van der Waals surface area contributed by atoms with E-state index >= 15 is 0 Å². The van der Waals surface area contributed by atoms with Gasteiger partial charge in [0, 0.05) is 18.7 Å². The van der Waals surface area contributed by atoms with Crippen LogP contribution in [0.5, 0.6) is 5.75 Å². The van der Waals surface area contributed by atoms with Gasteiger partial charge in [-0.05, 0) is 27.0 Å². The Morgan fingerprint density at radius 3 is 2.71 bits per heavy atom. The van der Waals surface area contributed by atoms with Gasteiger partial charge in [0.25, 0.3) is 5.91 Å². The first-order chi connectivity index (χ1) is 9.99. The number of nitrogens with one attached hydrogen (secondary N) is 3. The van der Waals surface area contributed by atoms with Gasteiger partial charge in [0.15, 0.2) is 6.10 Å². The summed E-state index contributed by atoms with van der Waals surface area (Å²) in [6.45, 7) is 4.31. The lowest BCUT2D eigenvalue weighted by Gasteiger charge is -2.18. The Morgan fingerprint density at radius 1 is 1.38 bits per heavy atom. The fraction of sp³-hybridized carbons (Fsp3) is 0.429. The van der Waals surface area contributed by atoms with Gasteiger partial charge in [-0.25, -0.2) is 4.79 Å². The first kappa shape index (κ1) is 17.3. The van der Waals surface area contributed by atoms with Gasteiger partial charge in [-0.3, -0.25) is 10.1 Å². The molecule has 0 fully saturated rings. The molecule has 0 aliphatic carbocycles. The Labute approximate surface area is 129 Å². The standard InChI is InChI=1S/C14H20ClN3O3/c1-4-17-14(20)18-13(19)9(2)21-12-10(8-16-3)6-5-7-11(12)15/h5-7,9,16H,4,8H2,1-3H3,(H2,17,18,19,20). The second-order valence-electron chi connectivity index (χ2n) is 4.37. The minimum atomic E-state index is -0.844. The zero-order chi connectivity index (χ0) is 15.8. The topological polar surface area (TPSA) is 79.5 Å². The first-order valence-corrected chi connectivity index (χ1v) is 7.04. The van der Waals surface area contributed by atoms with Gasteiger partial charge in [-0.2, -0.15) is 0 Å². The molecule has 1 rings (SSSR count). The van der Waals surface area contributed by atoms with Crippen molar-refractivity contribution in [1.29, 1.82) is 0 Å². The van der Waals surface area contributed by atoms with Gasteiger partial charge in [-0.1, -0.05) is 23.7 Å². The highest BCUT2D eigenvalue weighted by Gasteiger charge is 2.19. The van der Waals surface area contributed by atoms with Gasteiger partial charge in [0.1, 0.15) is 5.75 Å². The fourth-order valence-electron chi connectivity index (χ4n) is 1.66. The molecule has 1 unspecified atom stereocenters. The van der Waals surface area contributed by atoms with Crippen molar-refractivity contribution < 1.29 is 14.3 Å². The molecule has 1 atom stereocenters. The summed E-state index contributed by atoms with van der Waals surface area (Å²) in [5.41, 5.74) is 0.836. The molecule has 7 heteroatoms. The second kappa shape index (κ2) is 8.49. The van der Waals surface area contributed by atoms with Crippen LogP contribution in [-0.4, -0.2) is 31.6 Å². The number of ether oxygens (including phenoxy) is 1. The van der Waals surface area contributed by atoms with Crippen molar-refractivity contribution >= 4 is 23.5 Å². The highest BCUT2D eigenvalue weighted by Crippen LogP contribution is 2.29. The van der Waals surface area contributed by atoms with Crippen LogP contribution >= 0.6 is 11.6 Å². The number of hydrogen-bond donors (Lipinski definition) is 3. The van der Waals surface area contributed by atoms with E-state index in [9.17, 15) is 9.59 Å². The molecular weight excluding hydrogens is 294 g/mol. The van der Waals surface area contributed by atoms with Gasteiger partial charge in [-0.15, -0.1) is 0 Å². The van der Waals surface area contributed by atoms with E-state index in [1.807, 2.05) is 6.07 Å². The van der Waals surface area contributed by atoms with E-state index in [2.05, 4.69) is 16.0 Å². The van der Waals surface area contributed by atoms with E-state index in [-0.39, 0.29) is 0 Å². The summed E-state index contributed by atoms with van der Waals surface area (Å²) in [5, 5.41) is 8.09. The maximum Gasteiger partial charge on any atom is 0.321 e. The van der Waals surface area contributed by atoms with E-state index in [1.54, 1.807) is 33.0 Å². The van der Waals surface area contributed by atoms with Crippen LogP contribution in [0, 0.1) is 0 Å². The molecule has 0 aliphatic rings. The number of benzene rings is 1. The van der Waals surface area contributed by atoms with Crippen LogP contribution in [-0.2, 0) is 11.3 Å². The van der Waals surface area contributed by atoms with Crippen molar-refractivity contribution in [2.45, 2.75) is 26.5 Å². The van der Waals surface area contributed by atoms with Gasteiger partial charge < -0.3 is 15.4 Å². The number of halogens is 1. The van der Waals surface area contributed by atoms with Crippen LogP contribution in [0.3, 0.4) is 0 Å². The lowest BCUT2D eigenvalue weighted by molar-refractivity contribution is -0.126. The lowest BCUT2D eigenvalue weighted by atomic mass is 10.2. The molecule has 0 bridgehead atoms. The first-order valence-electron chi connectivity index (χ1n) is 6.66. The molecule has 1 aromatic carbocycles. The van der Waals surface area contributed by atoms with E-state index in [1.165, 1.54) is 0 Å². The van der Waals surface area contributed by atoms with E-state index in [0.29, 0.717) is 23.9 Å². The largest absolute Gasteiger partial charge is 0.479 e. The minimum absolute atomic E-state index is 0.417. The predicted octanol–water partition coefficient (Wildman–Crippen LogP) is 1.67. The monoisotopic (exact) mass is 313 g/mol. The average molecular weight is 314 g/mol. The van der Waals surface area contributed by atoms with Crippen LogP contribution in [0.2, 0.25) is 5.02 Å². The third kappa shape index (κ3) is 5.24. The van der Waals surface area contributed by atoms with Crippen LogP contribution in [0.15, 0.2) is 18.2 Å². The number of rotatable bonds is 6. The summed E-state index contributed by atoms with van der Waals surface area (Å²) in [5.74, 6) is -0.0941. The quantitative estimate of drug-likeness (QED) is 0.746. The molecular formula is C14H20ClN3O3. The molecule has 6 nitrogen and oxygen atoms in total. The van der Waals surface area contributed by atoms with Crippen molar-refractivity contribution in [3.05, 3.63) is 28.8 Å². The molecule has 1 aromatic rings. The molecule has 3 N–H and O–H groups in total. The third-order valence-corrected chi connectivity index (χ3v) is 2.95. The zero-order valence-electron chi connectivity index (χ0n) is 12.3. The van der Waals surface area contributed by atoms with E-state index in [4.69, 9.17) is 16.3 Å². The highest BCUT2D eigenvalue weighted by molar-refractivity contribution is 6.32. The predicted molar refractivity (Wildman–Crippen MR) is 81.5 cm³/mol. The van der Waals surface area contributed by atoms with Gasteiger partial charge in [0.2, 0.25) is 0 Å². The van der Waals surface area contributed by atoms with E-state index in [0.717, 1.165) is 5.56 Å². The maximum atomic E-state index is 11.9. The second-order valence-corrected chi connectivity index (χ2v) is 4.77. The van der Waals surface area contributed by atoms with Gasteiger partial charge in [0.05, 0.1) is 5.02 Å². The minimum Gasteiger partial charge on any atom is -0.479 e. The van der Waals surface area contributed by atoms with Crippen molar-refractivity contribution in [2.75, 3.05) is 13.6 Å². The van der Waals surface area contributed by atoms with Crippen molar-refractivity contribution in [3.63, 3.8) is 0 Å². The Balaban J connectivity index is 2.76. The van der Waals surface area contributed by atoms with Crippen molar-refractivity contribution in [1.82, 2.24) is 16.0 Å². The number of carbonyl (C=O) groups excluding carboxylic acids is 2. The number of urea groups is 1. The zero-order valence-corrected chi connectivity index (χ0v) is 13.1. The van der Waals surface area contributed by atoms with Crippen molar-refractivity contribution in [2.24, 2.45) is 0 Å². The number of carbonyl (C=O) groups is 2. The summed E-state index contributed by atoms with van der Waals surface area (Å²) >= 11 is 6.11. The number of imide groups is 1. The van der Waals surface area contributed by atoms with Crippen LogP contribution in [0.4, 0.5) is 4.79 Å².